The topological polar surface area (TPSA) is 74.8 Å². The van der Waals surface area contributed by atoms with E-state index in [0.29, 0.717) is 23.1 Å². The van der Waals surface area contributed by atoms with Crippen molar-refractivity contribution in [1.82, 2.24) is 19.7 Å². The van der Waals surface area contributed by atoms with E-state index in [9.17, 15) is 0 Å². The fourth-order valence-electron chi connectivity index (χ4n) is 3.76. The zero-order valence-electron chi connectivity index (χ0n) is 16.2. The summed E-state index contributed by atoms with van der Waals surface area (Å²) in [6, 6.07) is 5.89. The lowest BCUT2D eigenvalue weighted by molar-refractivity contribution is 0.171. The van der Waals surface area contributed by atoms with Crippen LogP contribution in [0.1, 0.15) is 22.8 Å². The van der Waals surface area contributed by atoms with Crippen LogP contribution >= 0.6 is 0 Å². The summed E-state index contributed by atoms with van der Waals surface area (Å²) in [5.41, 5.74) is 4.05. The summed E-state index contributed by atoms with van der Waals surface area (Å²) < 4.78 is 24.4. The molecule has 0 bridgehead atoms. The number of rotatable bonds is 4. The summed E-state index contributed by atoms with van der Waals surface area (Å²) in [5, 5.41) is 4.52. The smallest absolute Gasteiger partial charge is 0.231 e. The first-order valence-electron chi connectivity index (χ1n) is 9.30. The molecule has 2 aliphatic heterocycles. The Balaban J connectivity index is 1.39. The number of fused-ring (bicyclic) bond motifs is 2. The molecule has 0 radical (unpaired) electrons. The number of benzene rings is 1. The summed E-state index contributed by atoms with van der Waals surface area (Å²) >= 11 is 0. The van der Waals surface area contributed by atoms with Crippen molar-refractivity contribution < 1.29 is 18.6 Å². The second kappa shape index (κ2) is 6.56. The van der Waals surface area contributed by atoms with Crippen molar-refractivity contribution in [2.24, 2.45) is 0 Å². The Hall–Kier alpha value is -3.00. The van der Waals surface area contributed by atoms with Gasteiger partial charge in [0.1, 0.15) is 5.76 Å². The minimum absolute atomic E-state index is 0.191. The zero-order chi connectivity index (χ0) is 19.3. The summed E-state index contributed by atoms with van der Waals surface area (Å²) in [7, 11) is 1.61. The van der Waals surface area contributed by atoms with Gasteiger partial charge < -0.3 is 18.6 Å². The van der Waals surface area contributed by atoms with Gasteiger partial charge in [0.15, 0.2) is 11.5 Å². The van der Waals surface area contributed by atoms with Crippen molar-refractivity contribution in [3.8, 4) is 28.7 Å². The molecule has 0 spiro atoms. The predicted molar refractivity (Wildman–Crippen MR) is 100 cm³/mol. The SMILES string of the molecule is COc1cc(-c2nc(CN3CCn4nc(C)cc4C3)c(C)o2)cc2c1OCO2. The maximum Gasteiger partial charge on any atom is 0.231 e. The van der Waals surface area contributed by atoms with Crippen LogP contribution in [0.3, 0.4) is 0 Å². The van der Waals surface area contributed by atoms with E-state index < -0.39 is 0 Å². The van der Waals surface area contributed by atoms with Crippen LogP contribution in [0.15, 0.2) is 22.6 Å². The molecule has 3 aromatic rings. The molecule has 0 saturated heterocycles. The van der Waals surface area contributed by atoms with Gasteiger partial charge in [0.2, 0.25) is 18.4 Å². The molecular weight excluding hydrogens is 360 g/mol. The quantitative estimate of drug-likeness (QED) is 0.687. The molecule has 0 aliphatic carbocycles. The largest absolute Gasteiger partial charge is 0.493 e. The lowest BCUT2D eigenvalue weighted by Crippen LogP contribution is -2.33. The molecule has 0 N–H and O–H groups in total. The van der Waals surface area contributed by atoms with Crippen LogP contribution in [0.2, 0.25) is 0 Å². The van der Waals surface area contributed by atoms with E-state index >= 15 is 0 Å². The lowest BCUT2D eigenvalue weighted by atomic mass is 10.2. The summed E-state index contributed by atoms with van der Waals surface area (Å²) in [4.78, 5) is 7.12. The number of nitrogens with zero attached hydrogens (tertiary/aromatic N) is 4. The molecule has 1 aromatic carbocycles. The molecule has 8 heteroatoms. The summed E-state index contributed by atoms with van der Waals surface area (Å²) in [6.45, 7) is 7.61. The van der Waals surface area contributed by atoms with Crippen LogP contribution in [0.25, 0.3) is 11.5 Å². The van der Waals surface area contributed by atoms with E-state index in [0.717, 1.165) is 48.9 Å². The molecule has 0 amide bonds. The molecule has 2 aromatic heterocycles. The van der Waals surface area contributed by atoms with Gasteiger partial charge in [-0.15, -0.1) is 0 Å². The number of hydrogen-bond acceptors (Lipinski definition) is 7. The van der Waals surface area contributed by atoms with Crippen molar-refractivity contribution in [3.05, 3.63) is 41.0 Å². The number of aromatic nitrogens is 3. The van der Waals surface area contributed by atoms with E-state index in [4.69, 9.17) is 23.6 Å². The Kier molecular flexibility index (Phi) is 4.01. The third kappa shape index (κ3) is 2.90. The van der Waals surface area contributed by atoms with Crippen molar-refractivity contribution in [3.63, 3.8) is 0 Å². The molecule has 2 aliphatic rings. The van der Waals surface area contributed by atoms with Gasteiger partial charge in [-0.2, -0.15) is 5.10 Å². The van der Waals surface area contributed by atoms with Gasteiger partial charge in [0.25, 0.3) is 0 Å². The average Bonchev–Trinajstić information content (AvgIpc) is 3.38. The van der Waals surface area contributed by atoms with Crippen molar-refractivity contribution >= 4 is 0 Å². The van der Waals surface area contributed by atoms with E-state index in [1.807, 2.05) is 26.0 Å². The first-order chi connectivity index (χ1) is 13.6. The Morgan fingerprint density at radius 3 is 2.89 bits per heavy atom. The highest BCUT2D eigenvalue weighted by Crippen LogP contribution is 2.44. The van der Waals surface area contributed by atoms with E-state index in [1.54, 1.807) is 7.11 Å². The normalized spacial score (nSPS) is 15.7. The maximum atomic E-state index is 5.97. The van der Waals surface area contributed by atoms with Crippen molar-refractivity contribution in [2.45, 2.75) is 33.5 Å². The number of hydrogen-bond donors (Lipinski definition) is 0. The molecule has 28 heavy (non-hydrogen) atoms. The zero-order valence-corrected chi connectivity index (χ0v) is 16.2. The summed E-state index contributed by atoms with van der Waals surface area (Å²) in [5.74, 6) is 3.26. The second-order valence-electron chi connectivity index (χ2n) is 7.15. The van der Waals surface area contributed by atoms with Crippen LogP contribution in [0.5, 0.6) is 17.2 Å². The molecule has 8 nitrogen and oxygen atoms in total. The molecule has 5 rings (SSSR count). The van der Waals surface area contributed by atoms with Gasteiger partial charge >= 0.3 is 0 Å². The monoisotopic (exact) mass is 382 g/mol. The van der Waals surface area contributed by atoms with Crippen LogP contribution in [-0.2, 0) is 19.6 Å². The van der Waals surface area contributed by atoms with Gasteiger partial charge in [-0.05, 0) is 32.0 Å². The molecular formula is C20H22N4O4. The van der Waals surface area contributed by atoms with Crippen molar-refractivity contribution in [2.75, 3.05) is 20.4 Å². The molecule has 0 atom stereocenters. The Bertz CT molecular complexity index is 1040. The van der Waals surface area contributed by atoms with Gasteiger partial charge in [-0.25, -0.2) is 4.98 Å². The highest BCUT2D eigenvalue weighted by Gasteiger charge is 2.24. The Morgan fingerprint density at radius 1 is 1.14 bits per heavy atom. The first-order valence-corrected chi connectivity index (χ1v) is 9.30. The standard InChI is InChI=1S/C20H22N4O4/c1-12-6-15-9-23(4-5-24(15)22-12)10-16-13(2)28-20(21-16)14-7-17(25-3)19-18(8-14)26-11-27-19/h6-8H,4-5,9-11H2,1-3H3. The number of oxazole rings is 1. The first kappa shape index (κ1) is 17.1. The third-order valence-corrected chi connectivity index (χ3v) is 5.17. The van der Waals surface area contributed by atoms with E-state index in [2.05, 4.69) is 20.7 Å². The molecule has 0 saturated carbocycles. The van der Waals surface area contributed by atoms with Crippen LogP contribution in [-0.4, -0.2) is 40.1 Å². The summed E-state index contributed by atoms with van der Waals surface area (Å²) in [6.07, 6.45) is 0. The highest BCUT2D eigenvalue weighted by atomic mass is 16.7. The van der Waals surface area contributed by atoms with Gasteiger partial charge in [0, 0.05) is 25.2 Å². The predicted octanol–water partition coefficient (Wildman–Crippen LogP) is 2.91. The van der Waals surface area contributed by atoms with Crippen LogP contribution in [0.4, 0.5) is 0 Å². The Labute approximate surface area is 162 Å². The Morgan fingerprint density at radius 2 is 2.04 bits per heavy atom. The molecule has 0 fully saturated rings. The van der Waals surface area contributed by atoms with Gasteiger partial charge in [0.05, 0.1) is 30.7 Å². The maximum absolute atomic E-state index is 5.97. The molecule has 4 heterocycles. The number of ether oxygens (including phenoxy) is 3. The lowest BCUT2D eigenvalue weighted by Gasteiger charge is -2.26. The minimum atomic E-state index is 0.191. The van der Waals surface area contributed by atoms with Crippen molar-refractivity contribution in [1.29, 1.82) is 0 Å². The van der Waals surface area contributed by atoms with Crippen LogP contribution in [0, 0.1) is 13.8 Å². The minimum Gasteiger partial charge on any atom is -0.493 e. The third-order valence-electron chi connectivity index (χ3n) is 5.17. The second-order valence-corrected chi connectivity index (χ2v) is 7.15. The molecule has 0 unspecified atom stereocenters. The fourth-order valence-corrected chi connectivity index (χ4v) is 3.76. The average molecular weight is 382 g/mol. The van der Waals surface area contributed by atoms with Gasteiger partial charge in [-0.3, -0.25) is 9.58 Å². The number of methoxy groups -OCH3 is 1. The molecule has 146 valence electrons. The van der Waals surface area contributed by atoms with E-state index in [-0.39, 0.29) is 6.79 Å². The van der Waals surface area contributed by atoms with Gasteiger partial charge in [-0.1, -0.05) is 0 Å². The highest BCUT2D eigenvalue weighted by molar-refractivity contribution is 5.66. The fraction of sp³-hybridized carbons (Fsp3) is 0.400. The van der Waals surface area contributed by atoms with E-state index in [1.165, 1.54) is 5.69 Å². The number of aryl methyl sites for hydroxylation is 2. The van der Waals surface area contributed by atoms with Crippen LogP contribution < -0.4 is 14.2 Å².